The van der Waals surface area contributed by atoms with Crippen LogP contribution in [-0.2, 0) is 11.3 Å². The Morgan fingerprint density at radius 1 is 0.895 bits per heavy atom. The molecule has 0 spiro atoms. The molecule has 1 saturated heterocycles. The fraction of sp³-hybridized carbons (Fsp3) is 0.172. The molecule has 3 aromatic carbocycles. The van der Waals surface area contributed by atoms with Crippen molar-refractivity contribution in [2.24, 2.45) is 0 Å². The lowest BCUT2D eigenvalue weighted by Crippen LogP contribution is -2.35. The highest BCUT2D eigenvalue weighted by Gasteiger charge is 2.14. The van der Waals surface area contributed by atoms with E-state index >= 15 is 0 Å². The first-order valence-electron chi connectivity index (χ1n) is 12.4. The van der Waals surface area contributed by atoms with Crippen molar-refractivity contribution in [2.75, 3.05) is 36.9 Å². The molecule has 0 radical (unpaired) electrons. The van der Waals surface area contributed by atoms with Crippen LogP contribution in [0.5, 0.6) is 0 Å². The summed E-state index contributed by atoms with van der Waals surface area (Å²) in [6.07, 6.45) is 3.20. The number of rotatable bonds is 6. The summed E-state index contributed by atoms with van der Waals surface area (Å²) >= 11 is 0. The van der Waals surface area contributed by atoms with Gasteiger partial charge < -0.3 is 19.8 Å². The van der Waals surface area contributed by atoms with Gasteiger partial charge in [0.15, 0.2) is 0 Å². The Hall–Kier alpha value is -4.60. The fourth-order valence-electron chi connectivity index (χ4n) is 4.64. The summed E-state index contributed by atoms with van der Waals surface area (Å²) in [5.74, 6) is 0.388. The van der Waals surface area contributed by atoms with E-state index in [1.165, 1.54) is 6.39 Å². The molecular formula is C29H26N6O3. The summed E-state index contributed by atoms with van der Waals surface area (Å²) in [7, 11) is 0. The zero-order valence-electron chi connectivity index (χ0n) is 20.6. The number of carbonyl (C=O) groups excluding carboxylic acids is 1. The number of nitrogens with one attached hydrogen (secondary N) is 2. The summed E-state index contributed by atoms with van der Waals surface area (Å²) < 4.78 is 10.7. The van der Waals surface area contributed by atoms with Crippen molar-refractivity contribution in [3.05, 3.63) is 91.1 Å². The van der Waals surface area contributed by atoms with Gasteiger partial charge in [-0.2, -0.15) is 0 Å². The van der Waals surface area contributed by atoms with Crippen LogP contribution in [0.15, 0.2) is 89.8 Å². The van der Waals surface area contributed by atoms with Gasteiger partial charge in [-0.1, -0.05) is 42.5 Å². The van der Waals surface area contributed by atoms with Gasteiger partial charge in [-0.15, -0.1) is 10.2 Å². The molecule has 9 heteroatoms. The first kappa shape index (κ1) is 23.8. The van der Waals surface area contributed by atoms with Crippen LogP contribution in [0.1, 0.15) is 5.69 Å². The minimum Gasteiger partial charge on any atom is -0.423 e. The minimum absolute atomic E-state index is 0.347. The number of carbonyl (C=O) groups is 1. The third kappa shape index (κ3) is 5.24. The number of anilines is 2. The summed E-state index contributed by atoms with van der Waals surface area (Å²) in [6, 6.07) is 23.1. The van der Waals surface area contributed by atoms with E-state index in [1.54, 1.807) is 12.1 Å². The second kappa shape index (κ2) is 10.8. The van der Waals surface area contributed by atoms with Gasteiger partial charge in [0.05, 0.1) is 24.6 Å². The number of benzene rings is 3. The van der Waals surface area contributed by atoms with E-state index in [4.69, 9.17) is 14.1 Å². The smallest absolute Gasteiger partial charge is 0.323 e. The molecule has 190 valence electrons. The van der Waals surface area contributed by atoms with Gasteiger partial charge in [-0.05, 0) is 41.3 Å². The van der Waals surface area contributed by atoms with Crippen LogP contribution in [-0.4, -0.2) is 52.4 Å². The molecule has 0 aliphatic carbocycles. The summed E-state index contributed by atoms with van der Waals surface area (Å²) in [5.41, 5.74) is 5.18. The maximum absolute atomic E-state index is 12.9. The van der Waals surface area contributed by atoms with Gasteiger partial charge in [0, 0.05) is 48.0 Å². The largest absolute Gasteiger partial charge is 0.423 e. The highest BCUT2D eigenvalue weighted by Crippen LogP contribution is 2.33. The monoisotopic (exact) mass is 506 g/mol. The molecule has 6 rings (SSSR count). The third-order valence-electron chi connectivity index (χ3n) is 6.52. The van der Waals surface area contributed by atoms with Crippen molar-refractivity contribution < 1.29 is 13.9 Å². The quantitative estimate of drug-likeness (QED) is 0.316. The van der Waals surface area contributed by atoms with E-state index in [9.17, 15) is 4.79 Å². The van der Waals surface area contributed by atoms with Gasteiger partial charge in [0.1, 0.15) is 0 Å². The van der Waals surface area contributed by atoms with Crippen molar-refractivity contribution in [1.82, 2.24) is 20.1 Å². The predicted octanol–water partition coefficient (Wildman–Crippen LogP) is 5.43. The van der Waals surface area contributed by atoms with Gasteiger partial charge in [-0.3, -0.25) is 9.88 Å². The van der Waals surface area contributed by atoms with Crippen LogP contribution >= 0.6 is 0 Å². The molecule has 1 aliphatic rings. The molecule has 0 atom stereocenters. The number of amides is 2. The molecule has 5 aromatic rings. The van der Waals surface area contributed by atoms with Gasteiger partial charge in [-0.25, -0.2) is 4.79 Å². The first-order valence-corrected chi connectivity index (χ1v) is 12.4. The van der Waals surface area contributed by atoms with Crippen molar-refractivity contribution in [3.8, 4) is 22.6 Å². The zero-order chi connectivity index (χ0) is 25.7. The molecule has 1 aliphatic heterocycles. The van der Waals surface area contributed by atoms with E-state index in [0.29, 0.717) is 17.3 Å². The minimum atomic E-state index is -0.347. The predicted molar refractivity (Wildman–Crippen MR) is 146 cm³/mol. The highest BCUT2D eigenvalue weighted by molar-refractivity contribution is 6.09. The van der Waals surface area contributed by atoms with Gasteiger partial charge in [0.25, 0.3) is 0 Å². The summed E-state index contributed by atoms with van der Waals surface area (Å²) in [4.78, 5) is 20.0. The average molecular weight is 507 g/mol. The summed E-state index contributed by atoms with van der Waals surface area (Å²) in [5, 5.41) is 15.5. The topological polar surface area (TPSA) is 105 Å². The number of urea groups is 1. The molecule has 2 aromatic heterocycles. The normalized spacial score (nSPS) is 13.9. The van der Waals surface area contributed by atoms with E-state index < -0.39 is 0 Å². The lowest BCUT2D eigenvalue weighted by atomic mass is 9.98. The number of nitrogens with zero attached hydrogens (tertiary/aromatic N) is 4. The molecular weight excluding hydrogens is 480 g/mol. The van der Waals surface area contributed by atoms with E-state index in [-0.39, 0.29) is 6.03 Å². The van der Waals surface area contributed by atoms with Crippen LogP contribution in [0, 0.1) is 0 Å². The number of ether oxygens (including phenoxy) is 1. The SMILES string of the molecule is O=C(Nc1cccc(-c2nnco2)c1)Nc1ccc(-c2ccc(CN3CCOCC3)nc2)c2ccccc12. The van der Waals surface area contributed by atoms with Crippen molar-refractivity contribution in [1.29, 1.82) is 0 Å². The van der Waals surface area contributed by atoms with Crippen LogP contribution < -0.4 is 10.6 Å². The number of hydrogen-bond acceptors (Lipinski definition) is 7. The number of fused-ring (bicyclic) bond motifs is 1. The Morgan fingerprint density at radius 2 is 1.76 bits per heavy atom. The maximum atomic E-state index is 12.9. The molecule has 9 nitrogen and oxygen atoms in total. The Morgan fingerprint density at radius 3 is 2.55 bits per heavy atom. The second-order valence-electron chi connectivity index (χ2n) is 9.04. The average Bonchev–Trinajstić information content (AvgIpc) is 3.50. The Labute approximate surface area is 219 Å². The third-order valence-corrected chi connectivity index (χ3v) is 6.52. The zero-order valence-corrected chi connectivity index (χ0v) is 20.6. The molecule has 2 amide bonds. The molecule has 0 bridgehead atoms. The van der Waals surface area contributed by atoms with Gasteiger partial charge in [0.2, 0.25) is 12.3 Å². The van der Waals surface area contributed by atoms with Crippen molar-refractivity contribution in [3.63, 3.8) is 0 Å². The lowest BCUT2D eigenvalue weighted by molar-refractivity contribution is 0.0336. The molecule has 2 N–H and O–H groups in total. The first-order chi connectivity index (χ1) is 18.7. The Balaban J connectivity index is 1.20. The fourth-order valence-corrected chi connectivity index (χ4v) is 4.64. The Bertz CT molecular complexity index is 1550. The van der Waals surface area contributed by atoms with E-state index in [2.05, 4.69) is 43.9 Å². The molecule has 0 saturated carbocycles. The Kier molecular flexibility index (Phi) is 6.75. The number of pyridine rings is 1. The maximum Gasteiger partial charge on any atom is 0.323 e. The molecule has 1 fully saturated rings. The van der Waals surface area contributed by atoms with Gasteiger partial charge >= 0.3 is 6.03 Å². The lowest BCUT2D eigenvalue weighted by Gasteiger charge is -2.26. The molecule has 0 unspecified atom stereocenters. The molecule has 38 heavy (non-hydrogen) atoms. The standard InChI is InChI=1S/C29H26N6O3/c36-29(32-22-5-3-4-20(16-22)28-34-31-19-38-28)33-27-11-10-24(25-6-1-2-7-26(25)27)21-8-9-23(30-17-21)18-35-12-14-37-15-13-35/h1-11,16-17,19H,12-15,18H2,(H2,32,33,36). The van der Waals surface area contributed by atoms with E-state index in [0.717, 1.165) is 66.0 Å². The van der Waals surface area contributed by atoms with Crippen LogP contribution in [0.4, 0.5) is 16.2 Å². The number of aromatic nitrogens is 3. The number of hydrogen-bond donors (Lipinski definition) is 2. The van der Waals surface area contributed by atoms with Crippen LogP contribution in [0.25, 0.3) is 33.4 Å². The highest BCUT2D eigenvalue weighted by atomic mass is 16.5. The van der Waals surface area contributed by atoms with Crippen molar-refractivity contribution >= 4 is 28.2 Å². The van der Waals surface area contributed by atoms with E-state index in [1.807, 2.05) is 48.7 Å². The van der Waals surface area contributed by atoms with Crippen LogP contribution in [0.3, 0.4) is 0 Å². The van der Waals surface area contributed by atoms with Crippen molar-refractivity contribution in [2.45, 2.75) is 6.54 Å². The molecule has 3 heterocycles. The number of morpholine rings is 1. The summed E-state index contributed by atoms with van der Waals surface area (Å²) in [6.45, 7) is 4.23. The second-order valence-corrected chi connectivity index (χ2v) is 9.04. The van der Waals surface area contributed by atoms with Crippen LogP contribution in [0.2, 0.25) is 0 Å².